The van der Waals surface area contributed by atoms with E-state index in [-0.39, 0.29) is 12.0 Å². The Labute approximate surface area is 120 Å². The Hall–Kier alpha value is -1.06. The number of para-hydroxylation sites is 1. The fraction of sp³-hybridized carbons (Fsp3) is 0.647. The lowest BCUT2D eigenvalue weighted by Crippen LogP contribution is -2.31. The minimum absolute atomic E-state index is 0.231. The van der Waals surface area contributed by atoms with Crippen molar-refractivity contribution in [3.8, 4) is 5.75 Å². The molecule has 0 spiro atoms. The van der Waals surface area contributed by atoms with Gasteiger partial charge in [-0.3, -0.25) is 0 Å². The summed E-state index contributed by atoms with van der Waals surface area (Å²) in [4.78, 5) is 0. The monoisotopic (exact) mass is 276 g/mol. The van der Waals surface area contributed by atoms with Crippen LogP contribution in [-0.4, -0.2) is 30.5 Å². The van der Waals surface area contributed by atoms with Crippen LogP contribution < -0.4 is 4.74 Å². The lowest BCUT2D eigenvalue weighted by molar-refractivity contribution is 0.0501. The molecule has 2 heterocycles. The van der Waals surface area contributed by atoms with Crippen molar-refractivity contribution in [1.29, 1.82) is 0 Å². The highest BCUT2D eigenvalue weighted by molar-refractivity contribution is 5.35. The standard InChI is InChI=1S/C17H24O3/c18-16(8-3-6-15-7-4-10-19-15)14-11-13-5-1-2-9-17(13)20-12-14/h1-2,5,9,14-16,18H,3-4,6-8,10-12H2. The molecule has 1 aromatic rings. The maximum Gasteiger partial charge on any atom is 0.122 e. The largest absolute Gasteiger partial charge is 0.493 e. The molecular formula is C17H24O3. The fourth-order valence-corrected chi connectivity index (χ4v) is 3.26. The van der Waals surface area contributed by atoms with E-state index in [9.17, 15) is 5.11 Å². The molecule has 2 aliphatic heterocycles. The van der Waals surface area contributed by atoms with Crippen molar-refractivity contribution in [1.82, 2.24) is 0 Å². The highest BCUT2D eigenvalue weighted by Gasteiger charge is 2.26. The maximum absolute atomic E-state index is 10.4. The summed E-state index contributed by atoms with van der Waals surface area (Å²) in [6, 6.07) is 8.14. The smallest absolute Gasteiger partial charge is 0.122 e. The van der Waals surface area contributed by atoms with Crippen molar-refractivity contribution in [3.63, 3.8) is 0 Å². The molecule has 0 bridgehead atoms. The van der Waals surface area contributed by atoms with Crippen LogP contribution in [0.15, 0.2) is 24.3 Å². The Morgan fingerprint density at radius 2 is 2.20 bits per heavy atom. The van der Waals surface area contributed by atoms with Gasteiger partial charge < -0.3 is 14.6 Å². The summed E-state index contributed by atoms with van der Waals surface area (Å²) < 4.78 is 11.4. The number of aliphatic hydroxyl groups excluding tert-OH is 1. The van der Waals surface area contributed by atoms with E-state index in [1.54, 1.807) is 0 Å². The number of ether oxygens (including phenoxy) is 2. The summed E-state index contributed by atoms with van der Waals surface area (Å²) in [5, 5.41) is 10.4. The van der Waals surface area contributed by atoms with Gasteiger partial charge in [0.1, 0.15) is 5.75 Å². The van der Waals surface area contributed by atoms with Crippen LogP contribution in [0.1, 0.15) is 37.7 Å². The number of rotatable bonds is 5. The van der Waals surface area contributed by atoms with Crippen LogP contribution in [0.3, 0.4) is 0 Å². The van der Waals surface area contributed by atoms with Crippen LogP contribution in [0.2, 0.25) is 0 Å². The molecule has 3 atom stereocenters. The average molecular weight is 276 g/mol. The molecule has 2 aliphatic rings. The first kappa shape index (κ1) is 13.9. The van der Waals surface area contributed by atoms with Crippen molar-refractivity contribution in [3.05, 3.63) is 29.8 Å². The van der Waals surface area contributed by atoms with Crippen molar-refractivity contribution in [2.45, 2.75) is 50.7 Å². The van der Waals surface area contributed by atoms with E-state index >= 15 is 0 Å². The van der Waals surface area contributed by atoms with Crippen LogP contribution in [0, 0.1) is 5.92 Å². The highest BCUT2D eigenvalue weighted by Crippen LogP contribution is 2.29. The second-order valence-electron chi connectivity index (χ2n) is 6.02. The van der Waals surface area contributed by atoms with E-state index in [0.29, 0.717) is 12.7 Å². The Balaban J connectivity index is 1.45. The molecule has 1 aromatic carbocycles. The van der Waals surface area contributed by atoms with Crippen LogP contribution in [0.5, 0.6) is 5.75 Å². The molecule has 0 aromatic heterocycles. The third-order valence-corrected chi connectivity index (χ3v) is 4.50. The Bertz CT molecular complexity index is 426. The molecule has 0 aliphatic carbocycles. The SMILES string of the molecule is OC(CCCC1CCCO1)C1COc2ccccc2C1. The predicted octanol–water partition coefficient (Wildman–Crippen LogP) is 2.95. The molecule has 3 heteroatoms. The van der Waals surface area contributed by atoms with Crippen molar-refractivity contribution < 1.29 is 14.6 Å². The first-order valence-corrected chi connectivity index (χ1v) is 7.83. The third-order valence-electron chi connectivity index (χ3n) is 4.50. The third kappa shape index (κ3) is 3.33. The number of aliphatic hydroxyl groups is 1. The Kier molecular flexibility index (Phi) is 4.58. The summed E-state index contributed by atoms with van der Waals surface area (Å²) in [7, 11) is 0. The molecule has 1 N–H and O–H groups in total. The normalized spacial score (nSPS) is 26.9. The first-order valence-electron chi connectivity index (χ1n) is 7.83. The quantitative estimate of drug-likeness (QED) is 0.898. The Morgan fingerprint density at radius 1 is 1.30 bits per heavy atom. The molecule has 20 heavy (non-hydrogen) atoms. The summed E-state index contributed by atoms with van der Waals surface area (Å²) in [5.41, 5.74) is 1.22. The minimum atomic E-state index is -0.259. The summed E-state index contributed by atoms with van der Waals surface area (Å²) in [5.74, 6) is 1.21. The van der Waals surface area contributed by atoms with Gasteiger partial charge in [0.25, 0.3) is 0 Å². The van der Waals surface area contributed by atoms with Gasteiger partial charge in [-0.1, -0.05) is 18.2 Å². The molecule has 3 unspecified atom stereocenters. The molecule has 0 saturated carbocycles. The second kappa shape index (κ2) is 6.59. The van der Waals surface area contributed by atoms with Crippen LogP contribution in [0.4, 0.5) is 0 Å². The molecule has 110 valence electrons. The van der Waals surface area contributed by atoms with Gasteiger partial charge in [0.05, 0.1) is 18.8 Å². The number of hydrogen-bond donors (Lipinski definition) is 1. The van der Waals surface area contributed by atoms with Gasteiger partial charge in [0.15, 0.2) is 0 Å². The number of benzene rings is 1. The van der Waals surface area contributed by atoms with Crippen molar-refractivity contribution >= 4 is 0 Å². The predicted molar refractivity (Wildman–Crippen MR) is 78.0 cm³/mol. The van der Waals surface area contributed by atoms with Crippen LogP contribution >= 0.6 is 0 Å². The number of fused-ring (bicyclic) bond motifs is 1. The summed E-state index contributed by atoms with van der Waals surface area (Å²) in [6.45, 7) is 1.55. The van der Waals surface area contributed by atoms with Gasteiger partial charge in [-0.15, -0.1) is 0 Å². The zero-order valence-corrected chi connectivity index (χ0v) is 12.0. The first-order chi connectivity index (χ1) is 9.83. The lowest BCUT2D eigenvalue weighted by atomic mass is 9.89. The minimum Gasteiger partial charge on any atom is -0.493 e. The van der Waals surface area contributed by atoms with Gasteiger partial charge >= 0.3 is 0 Å². The van der Waals surface area contributed by atoms with Gasteiger partial charge in [0.2, 0.25) is 0 Å². The molecule has 1 fully saturated rings. The average Bonchev–Trinajstić information content (AvgIpc) is 3.00. The molecule has 0 radical (unpaired) electrons. The van der Waals surface area contributed by atoms with Gasteiger partial charge in [-0.2, -0.15) is 0 Å². The fourth-order valence-electron chi connectivity index (χ4n) is 3.26. The van der Waals surface area contributed by atoms with E-state index in [0.717, 1.165) is 38.0 Å². The van der Waals surface area contributed by atoms with Crippen LogP contribution in [0.25, 0.3) is 0 Å². The highest BCUT2D eigenvalue weighted by atomic mass is 16.5. The van der Waals surface area contributed by atoms with Crippen molar-refractivity contribution in [2.75, 3.05) is 13.2 Å². The molecular weight excluding hydrogens is 252 g/mol. The molecule has 1 saturated heterocycles. The van der Waals surface area contributed by atoms with Gasteiger partial charge in [0, 0.05) is 12.5 Å². The molecule has 3 nitrogen and oxygen atoms in total. The van der Waals surface area contributed by atoms with E-state index in [1.165, 1.54) is 18.4 Å². The second-order valence-corrected chi connectivity index (χ2v) is 6.02. The topological polar surface area (TPSA) is 38.7 Å². The lowest BCUT2D eigenvalue weighted by Gasteiger charge is -2.29. The number of hydrogen-bond acceptors (Lipinski definition) is 3. The summed E-state index contributed by atoms with van der Waals surface area (Å²) >= 11 is 0. The Morgan fingerprint density at radius 3 is 3.05 bits per heavy atom. The van der Waals surface area contributed by atoms with E-state index in [4.69, 9.17) is 9.47 Å². The molecule has 0 amide bonds. The van der Waals surface area contributed by atoms with Crippen molar-refractivity contribution in [2.24, 2.45) is 5.92 Å². The summed E-state index contributed by atoms with van der Waals surface area (Å²) in [6.07, 6.45) is 6.48. The van der Waals surface area contributed by atoms with Gasteiger partial charge in [-0.25, -0.2) is 0 Å². The van der Waals surface area contributed by atoms with Gasteiger partial charge in [-0.05, 0) is 50.2 Å². The molecule has 3 rings (SSSR count). The van der Waals surface area contributed by atoms with Crippen LogP contribution in [-0.2, 0) is 11.2 Å². The van der Waals surface area contributed by atoms with E-state index < -0.39 is 0 Å². The zero-order chi connectivity index (χ0) is 13.8. The maximum atomic E-state index is 10.4. The van der Waals surface area contributed by atoms with E-state index in [1.807, 2.05) is 18.2 Å². The zero-order valence-electron chi connectivity index (χ0n) is 12.0. The van der Waals surface area contributed by atoms with E-state index in [2.05, 4.69) is 6.07 Å².